The molecule has 13 heteroatoms. The molecule has 1 rings (SSSR count). The second-order valence-electron chi connectivity index (χ2n) is 15.4. The van der Waals surface area contributed by atoms with E-state index in [-0.39, 0.29) is 19.4 Å². The van der Waals surface area contributed by atoms with Crippen molar-refractivity contribution in [2.75, 3.05) is 19.0 Å². The molecule has 2 unspecified atom stereocenters. The first-order valence-corrected chi connectivity index (χ1v) is 23.8. The number of ether oxygens (including phenoxy) is 4. The molecule has 6 atom stereocenters. The second kappa shape index (κ2) is 35.4. The summed E-state index contributed by atoms with van der Waals surface area (Å²) in [5.41, 5.74) is 0. The lowest BCUT2D eigenvalue weighted by Crippen LogP contribution is -2.60. The van der Waals surface area contributed by atoms with E-state index in [4.69, 9.17) is 18.9 Å². The number of hydrogen-bond donors (Lipinski definition) is 4. The molecule has 12 nitrogen and oxygen atoms in total. The van der Waals surface area contributed by atoms with Crippen molar-refractivity contribution in [2.24, 2.45) is 0 Å². The van der Waals surface area contributed by atoms with E-state index in [2.05, 4.69) is 62.5 Å². The van der Waals surface area contributed by atoms with Gasteiger partial charge in [-0.3, -0.25) is 14.1 Å². The van der Waals surface area contributed by atoms with E-state index < -0.39 is 71.2 Å². The highest BCUT2D eigenvalue weighted by atomic mass is 32.2. The number of aliphatic hydroxyl groups is 3. The van der Waals surface area contributed by atoms with Crippen LogP contribution >= 0.6 is 0 Å². The predicted octanol–water partition coefficient (Wildman–Crippen LogP) is 8.78. The molecule has 0 spiro atoms. The van der Waals surface area contributed by atoms with Crippen molar-refractivity contribution >= 4 is 22.1 Å². The van der Waals surface area contributed by atoms with Gasteiger partial charge in [0.2, 0.25) is 0 Å². The van der Waals surface area contributed by atoms with Crippen molar-refractivity contribution in [3.63, 3.8) is 0 Å². The number of allylic oxidation sites excluding steroid dienone is 8. The van der Waals surface area contributed by atoms with Crippen molar-refractivity contribution in [2.45, 2.75) is 205 Å². The average molecular weight is 843 g/mol. The van der Waals surface area contributed by atoms with E-state index in [9.17, 15) is 37.9 Å². The molecule has 0 bridgehead atoms. The molecule has 58 heavy (non-hydrogen) atoms. The smallest absolute Gasteiger partial charge is 0.306 e. The zero-order valence-corrected chi connectivity index (χ0v) is 36.5. The van der Waals surface area contributed by atoms with E-state index >= 15 is 0 Å². The minimum atomic E-state index is -4.61. The van der Waals surface area contributed by atoms with Crippen LogP contribution in [0.2, 0.25) is 0 Å². The lowest BCUT2D eigenvalue weighted by molar-refractivity contribution is -0.297. The highest BCUT2D eigenvalue weighted by Crippen LogP contribution is 2.24. The highest BCUT2D eigenvalue weighted by Gasteiger charge is 2.46. The summed E-state index contributed by atoms with van der Waals surface area (Å²) in [7, 11) is -4.61. The van der Waals surface area contributed by atoms with Crippen LogP contribution in [0.5, 0.6) is 0 Å². The Bertz CT molecular complexity index is 1260. The van der Waals surface area contributed by atoms with Gasteiger partial charge >= 0.3 is 11.9 Å². The van der Waals surface area contributed by atoms with Gasteiger partial charge in [-0.05, 0) is 77.0 Å². The van der Waals surface area contributed by atoms with E-state index in [0.29, 0.717) is 12.8 Å². The van der Waals surface area contributed by atoms with Crippen molar-refractivity contribution in [1.82, 2.24) is 0 Å². The van der Waals surface area contributed by atoms with Gasteiger partial charge in [0.25, 0.3) is 10.1 Å². The van der Waals surface area contributed by atoms with Gasteiger partial charge in [0.15, 0.2) is 12.4 Å². The Morgan fingerprint density at radius 3 is 1.59 bits per heavy atom. The Labute approximate surface area is 350 Å². The molecule has 0 radical (unpaired) electrons. The van der Waals surface area contributed by atoms with E-state index in [1.807, 2.05) is 0 Å². The number of aliphatic hydroxyl groups excluding tert-OH is 3. The molecule has 336 valence electrons. The topological polar surface area (TPSA) is 186 Å². The third-order valence-electron chi connectivity index (χ3n) is 9.88. The fraction of sp³-hybridized carbons (Fsp3) is 0.778. The van der Waals surface area contributed by atoms with Crippen LogP contribution in [-0.2, 0) is 38.7 Å². The van der Waals surface area contributed by atoms with Crippen LogP contribution in [-0.4, -0.2) is 96.0 Å². The average Bonchev–Trinajstić information content (AvgIpc) is 3.18. The van der Waals surface area contributed by atoms with Crippen LogP contribution in [0.4, 0.5) is 0 Å². The first-order chi connectivity index (χ1) is 28.0. The molecule has 0 aromatic heterocycles. The van der Waals surface area contributed by atoms with Crippen molar-refractivity contribution in [1.29, 1.82) is 0 Å². The van der Waals surface area contributed by atoms with Gasteiger partial charge in [0, 0.05) is 12.8 Å². The summed E-state index contributed by atoms with van der Waals surface area (Å²) in [6.07, 6.45) is 31.6. The van der Waals surface area contributed by atoms with E-state index in [1.54, 1.807) is 0 Å². The van der Waals surface area contributed by atoms with Crippen LogP contribution in [0.25, 0.3) is 0 Å². The zero-order chi connectivity index (χ0) is 42.7. The van der Waals surface area contributed by atoms with Crippen LogP contribution in [0.3, 0.4) is 0 Å². The first-order valence-electron chi connectivity index (χ1n) is 22.2. The Kier molecular flexibility index (Phi) is 32.7. The molecular weight excluding hydrogens is 765 g/mol. The summed E-state index contributed by atoms with van der Waals surface area (Å²) < 4.78 is 54.0. The summed E-state index contributed by atoms with van der Waals surface area (Å²) >= 11 is 0. The maximum absolute atomic E-state index is 12.8. The molecule has 1 heterocycles. The molecule has 1 aliphatic heterocycles. The van der Waals surface area contributed by atoms with Gasteiger partial charge in [0.05, 0.1) is 6.61 Å². The van der Waals surface area contributed by atoms with Gasteiger partial charge in [-0.2, -0.15) is 8.42 Å². The number of carbonyl (C=O) groups excluding carboxylic acids is 2. The summed E-state index contributed by atoms with van der Waals surface area (Å²) in [5.74, 6) is -2.05. The van der Waals surface area contributed by atoms with Crippen molar-refractivity contribution in [3.05, 3.63) is 48.6 Å². The third kappa shape index (κ3) is 29.8. The van der Waals surface area contributed by atoms with Crippen LogP contribution < -0.4 is 0 Å². The molecule has 0 aromatic carbocycles. The fourth-order valence-electron chi connectivity index (χ4n) is 6.38. The number of rotatable bonds is 36. The van der Waals surface area contributed by atoms with Crippen molar-refractivity contribution in [3.8, 4) is 0 Å². The Morgan fingerprint density at radius 1 is 0.586 bits per heavy atom. The molecule has 1 saturated heterocycles. The minimum absolute atomic E-state index is 0.140. The molecule has 0 aromatic rings. The van der Waals surface area contributed by atoms with Crippen LogP contribution in [0.1, 0.15) is 168 Å². The van der Waals surface area contributed by atoms with Gasteiger partial charge in [0.1, 0.15) is 36.8 Å². The summed E-state index contributed by atoms with van der Waals surface area (Å²) in [6.45, 7) is 3.67. The largest absolute Gasteiger partial charge is 0.462 e. The van der Waals surface area contributed by atoms with Gasteiger partial charge < -0.3 is 34.3 Å². The van der Waals surface area contributed by atoms with E-state index in [1.165, 1.54) is 57.8 Å². The molecule has 0 aliphatic carbocycles. The lowest BCUT2D eigenvalue weighted by atomic mass is 10.00. The SMILES string of the molecule is CCCCC/C=C/C/C=C/CCCCCCCC(=O)O[C@H](COC(=O)CCCC/C=C/C/C=C/CCCCCCCC)CO[C@H]1O[C@H](CS(=O)(=O)O)[C@@H](O)C(O)C1O. The maximum Gasteiger partial charge on any atom is 0.306 e. The number of unbranched alkanes of at least 4 members (excludes halogenated alkanes) is 16. The van der Waals surface area contributed by atoms with Gasteiger partial charge in [-0.1, -0.05) is 127 Å². The summed E-state index contributed by atoms with van der Waals surface area (Å²) in [4.78, 5) is 25.4. The van der Waals surface area contributed by atoms with Crippen LogP contribution in [0, 0.1) is 0 Å². The zero-order valence-electron chi connectivity index (χ0n) is 35.6. The molecule has 1 aliphatic rings. The highest BCUT2D eigenvalue weighted by molar-refractivity contribution is 7.85. The predicted molar refractivity (Wildman–Crippen MR) is 229 cm³/mol. The summed E-state index contributed by atoms with van der Waals surface area (Å²) in [6, 6.07) is 0. The standard InChI is InChI=1S/C45H78O12S/c1-3-5-7-9-11-13-15-17-19-21-23-25-27-29-31-33-40(46)54-35-38(36-55-45-44(50)43(49)42(48)39(57-45)37-58(51,52)53)56-41(47)34-32-30-28-26-24-22-20-18-16-14-12-10-8-6-4-2/h12,14,17-20,23,25,38-39,42-45,48-50H,3-11,13,15-16,21-22,24,26-37H2,1-2H3,(H,51,52,53)/b14-12+,19-17+,20-18+,25-23+/t38-,39-,42-,43?,44?,45+/m1/s1. The fourth-order valence-corrected chi connectivity index (χ4v) is 7.07. The maximum atomic E-state index is 12.8. The minimum Gasteiger partial charge on any atom is -0.462 e. The lowest BCUT2D eigenvalue weighted by Gasteiger charge is -2.40. The second-order valence-corrected chi connectivity index (χ2v) is 16.9. The number of hydrogen-bond acceptors (Lipinski definition) is 11. The number of esters is 2. The Balaban J connectivity index is 2.50. The monoisotopic (exact) mass is 843 g/mol. The Hall–Kier alpha value is -2.39. The van der Waals surface area contributed by atoms with Gasteiger partial charge in [-0.15, -0.1) is 0 Å². The van der Waals surface area contributed by atoms with Crippen LogP contribution in [0.15, 0.2) is 48.6 Å². The molecule has 4 N–H and O–H groups in total. The Morgan fingerprint density at radius 2 is 1.03 bits per heavy atom. The quantitative estimate of drug-likeness (QED) is 0.0204. The molecule has 0 saturated carbocycles. The molecular formula is C45H78O12S. The van der Waals surface area contributed by atoms with Gasteiger partial charge in [-0.25, -0.2) is 0 Å². The van der Waals surface area contributed by atoms with E-state index in [0.717, 1.165) is 70.6 Å². The molecule has 1 fully saturated rings. The summed E-state index contributed by atoms with van der Waals surface area (Å²) in [5, 5.41) is 30.8. The number of carbonyl (C=O) groups is 2. The normalized spacial score (nSPS) is 20.8. The third-order valence-corrected chi connectivity index (χ3v) is 10.6. The molecule has 0 amide bonds. The van der Waals surface area contributed by atoms with Crippen molar-refractivity contribution < 1.29 is 56.8 Å². The first kappa shape index (κ1) is 53.6.